The van der Waals surface area contributed by atoms with Crippen LogP contribution in [-0.2, 0) is 4.74 Å². The molecule has 0 aromatic heterocycles. The van der Waals surface area contributed by atoms with E-state index in [4.69, 9.17) is 9.47 Å². The van der Waals surface area contributed by atoms with E-state index in [-0.39, 0.29) is 12.5 Å². The van der Waals surface area contributed by atoms with Gasteiger partial charge in [0.25, 0.3) is 5.91 Å². The Morgan fingerprint density at radius 3 is 2.29 bits per heavy atom. The van der Waals surface area contributed by atoms with Gasteiger partial charge in [-0.2, -0.15) is 0 Å². The lowest BCUT2D eigenvalue weighted by molar-refractivity contribution is 0.0526. The lowest BCUT2D eigenvalue weighted by Gasteiger charge is -2.15. The molecule has 0 aliphatic carbocycles. The third-order valence-electron chi connectivity index (χ3n) is 4.09. The lowest BCUT2D eigenvalue weighted by atomic mass is 10.1. The molecule has 0 radical (unpaired) electrons. The molecule has 0 spiro atoms. The third-order valence-corrected chi connectivity index (χ3v) is 4.09. The molecule has 142 valence electrons. The number of hydrogen-bond acceptors (Lipinski definition) is 4. The number of para-hydroxylation sites is 1. The zero-order valence-electron chi connectivity index (χ0n) is 15.8. The number of carbonyl (C=O) groups excluding carboxylic acids is 2. The second kappa shape index (κ2) is 8.86. The maximum Gasteiger partial charge on any atom is 0.338 e. The van der Waals surface area contributed by atoms with E-state index < -0.39 is 5.97 Å². The lowest BCUT2D eigenvalue weighted by Crippen LogP contribution is -2.13. The molecule has 28 heavy (non-hydrogen) atoms. The van der Waals surface area contributed by atoms with Gasteiger partial charge >= 0.3 is 5.97 Å². The molecule has 0 aliphatic rings. The summed E-state index contributed by atoms with van der Waals surface area (Å²) < 4.78 is 11.1. The van der Waals surface area contributed by atoms with Crippen LogP contribution in [0.4, 0.5) is 5.69 Å². The van der Waals surface area contributed by atoms with Crippen molar-refractivity contribution in [2.75, 3.05) is 11.9 Å². The van der Waals surface area contributed by atoms with E-state index in [9.17, 15) is 9.59 Å². The van der Waals surface area contributed by atoms with Gasteiger partial charge in [0.2, 0.25) is 0 Å². The minimum absolute atomic E-state index is 0.270. The molecule has 3 aromatic rings. The molecule has 0 heterocycles. The van der Waals surface area contributed by atoms with Gasteiger partial charge in [-0.05, 0) is 55.8 Å². The highest BCUT2D eigenvalue weighted by molar-refractivity contribution is 6.05. The molecule has 0 saturated carbocycles. The van der Waals surface area contributed by atoms with Crippen molar-refractivity contribution in [3.8, 4) is 11.5 Å². The predicted octanol–water partition coefficient (Wildman–Crippen LogP) is 5.22. The van der Waals surface area contributed by atoms with Gasteiger partial charge in [0.05, 0.1) is 17.9 Å². The first-order valence-electron chi connectivity index (χ1n) is 8.99. The number of carbonyl (C=O) groups is 2. The van der Waals surface area contributed by atoms with Gasteiger partial charge in [-0.15, -0.1) is 0 Å². The molecule has 5 nitrogen and oxygen atoms in total. The number of esters is 1. The summed E-state index contributed by atoms with van der Waals surface area (Å²) in [6.07, 6.45) is 0. The van der Waals surface area contributed by atoms with Gasteiger partial charge in [0.1, 0.15) is 5.75 Å². The van der Waals surface area contributed by atoms with Gasteiger partial charge in [0, 0.05) is 5.56 Å². The highest BCUT2D eigenvalue weighted by Crippen LogP contribution is 2.32. The van der Waals surface area contributed by atoms with Gasteiger partial charge in [-0.1, -0.05) is 36.4 Å². The predicted molar refractivity (Wildman–Crippen MR) is 108 cm³/mol. The number of benzene rings is 3. The van der Waals surface area contributed by atoms with E-state index >= 15 is 0 Å². The largest absolute Gasteiger partial charge is 0.462 e. The molecule has 1 amide bonds. The molecule has 1 N–H and O–H groups in total. The van der Waals surface area contributed by atoms with Crippen LogP contribution < -0.4 is 10.1 Å². The fourth-order valence-electron chi connectivity index (χ4n) is 2.63. The Labute approximate surface area is 163 Å². The fraction of sp³-hybridized carbons (Fsp3) is 0.130. The molecular formula is C23H21NO4. The molecule has 0 aliphatic heterocycles. The van der Waals surface area contributed by atoms with Crippen molar-refractivity contribution in [2.24, 2.45) is 0 Å². The summed E-state index contributed by atoms with van der Waals surface area (Å²) in [7, 11) is 0. The first-order chi connectivity index (χ1) is 13.6. The first-order valence-corrected chi connectivity index (χ1v) is 8.99. The van der Waals surface area contributed by atoms with Gasteiger partial charge in [-0.3, -0.25) is 4.79 Å². The summed E-state index contributed by atoms with van der Waals surface area (Å²) >= 11 is 0. The van der Waals surface area contributed by atoms with Gasteiger partial charge < -0.3 is 14.8 Å². The summed E-state index contributed by atoms with van der Waals surface area (Å²) in [5, 5.41) is 2.83. The minimum atomic E-state index is -0.458. The van der Waals surface area contributed by atoms with E-state index in [1.54, 1.807) is 49.4 Å². The number of anilines is 1. The molecular weight excluding hydrogens is 354 g/mol. The summed E-state index contributed by atoms with van der Waals surface area (Å²) in [4.78, 5) is 24.7. The molecule has 0 unspecified atom stereocenters. The van der Waals surface area contributed by atoms with E-state index in [2.05, 4.69) is 5.32 Å². The first kappa shape index (κ1) is 19.2. The van der Waals surface area contributed by atoms with Crippen molar-refractivity contribution in [1.29, 1.82) is 0 Å². The summed E-state index contributed by atoms with van der Waals surface area (Å²) in [5.74, 6) is 0.351. The molecule has 0 saturated heterocycles. The van der Waals surface area contributed by atoms with Crippen molar-refractivity contribution in [3.63, 3.8) is 0 Å². The average molecular weight is 375 g/mol. The summed E-state index contributed by atoms with van der Waals surface area (Å²) in [5.41, 5.74) is 2.19. The van der Waals surface area contributed by atoms with Crippen LogP contribution in [0.3, 0.4) is 0 Å². The zero-order valence-corrected chi connectivity index (χ0v) is 15.8. The van der Waals surface area contributed by atoms with Crippen molar-refractivity contribution in [2.45, 2.75) is 13.8 Å². The SMILES string of the molecule is CCOC(=O)c1ccc(Oc2ccccc2C)c(NC(=O)c2ccccc2)c1. The Bertz CT molecular complexity index is 983. The molecule has 0 atom stereocenters. The average Bonchev–Trinajstić information content (AvgIpc) is 2.71. The van der Waals surface area contributed by atoms with E-state index in [1.165, 1.54) is 0 Å². The Morgan fingerprint density at radius 2 is 1.57 bits per heavy atom. The number of ether oxygens (including phenoxy) is 2. The number of aryl methyl sites for hydroxylation is 1. The standard InChI is InChI=1S/C23H21NO4/c1-3-27-23(26)18-13-14-21(28-20-12-8-7-9-16(20)2)19(15-18)24-22(25)17-10-5-4-6-11-17/h4-15H,3H2,1-2H3,(H,24,25). The molecule has 0 fully saturated rings. The Balaban J connectivity index is 1.95. The van der Waals surface area contributed by atoms with Crippen molar-refractivity contribution >= 4 is 17.6 Å². The van der Waals surface area contributed by atoms with Crippen molar-refractivity contribution in [3.05, 3.63) is 89.5 Å². The monoisotopic (exact) mass is 375 g/mol. The van der Waals surface area contributed by atoms with Crippen molar-refractivity contribution in [1.82, 2.24) is 0 Å². The fourth-order valence-corrected chi connectivity index (χ4v) is 2.63. The van der Waals surface area contributed by atoms with Crippen LogP contribution >= 0.6 is 0 Å². The Hall–Kier alpha value is -3.60. The van der Waals surface area contributed by atoms with E-state index in [0.717, 1.165) is 5.56 Å². The normalized spacial score (nSPS) is 10.2. The van der Waals surface area contributed by atoms with Gasteiger partial charge in [0.15, 0.2) is 5.75 Å². The number of amides is 1. The number of nitrogens with one attached hydrogen (secondary N) is 1. The van der Waals surface area contributed by atoms with E-state index in [1.807, 2.05) is 37.3 Å². The Kier molecular flexibility index (Phi) is 6.07. The molecule has 5 heteroatoms. The smallest absolute Gasteiger partial charge is 0.338 e. The quantitative estimate of drug-likeness (QED) is 0.600. The molecule has 3 rings (SSSR count). The number of rotatable bonds is 6. The summed E-state index contributed by atoms with van der Waals surface area (Å²) in [6, 6.07) is 21.2. The second-order valence-electron chi connectivity index (χ2n) is 6.12. The van der Waals surface area contributed by atoms with Crippen LogP contribution in [-0.4, -0.2) is 18.5 Å². The van der Waals surface area contributed by atoms with Crippen LogP contribution in [0.5, 0.6) is 11.5 Å². The van der Waals surface area contributed by atoms with E-state index in [0.29, 0.717) is 28.3 Å². The maximum atomic E-state index is 12.6. The van der Waals surface area contributed by atoms with Crippen LogP contribution in [0.25, 0.3) is 0 Å². The zero-order chi connectivity index (χ0) is 19.9. The van der Waals surface area contributed by atoms with Crippen LogP contribution in [0.15, 0.2) is 72.8 Å². The highest BCUT2D eigenvalue weighted by Gasteiger charge is 2.15. The van der Waals surface area contributed by atoms with Gasteiger partial charge in [-0.25, -0.2) is 4.79 Å². The van der Waals surface area contributed by atoms with Crippen LogP contribution in [0.1, 0.15) is 33.2 Å². The topological polar surface area (TPSA) is 64.6 Å². The highest BCUT2D eigenvalue weighted by atomic mass is 16.5. The molecule has 0 bridgehead atoms. The minimum Gasteiger partial charge on any atom is -0.462 e. The Morgan fingerprint density at radius 1 is 0.857 bits per heavy atom. The third kappa shape index (κ3) is 4.57. The van der Waals surface area contributed by atoms with Crippen molar-refractivity contribution < 1.29 is 19.1 Å². The van der Waals surface area contributed by atoms with Crippen LogP contribution in [0.2, 0.25) is 0 Å². The maximum absolute atomic E-state index is 12.6. The van der Waals surface area contributed by atoms with Crippen LogP contribution in [0, 0.1) is 6.92 Å². The second-order valence-corrected chi connectivity index (χ2v) is 6.12. The summed E-state index contributed by atoms with van der Waals surface area (Å²) in [6.45, 7) is 3.95. The molecule has 3 aromatic carbocycles. The number of hydrogen-bond donors (Lipinski definition) is 1.